The fourth-order valence-corrected chi connectivity index (χ4v) is 3.66. The van der Waals surface area contributed by atoms with Crippen molar-refractivity contribution in [2.75, 3.05) is 18.5 Å². The Morgan fingerprint density at radius 1 is 0.833 bits per heavy atom. The molecular weight excluding hydrogens is 462 g/mol. The van der Waals surface area contributed by atoms with Crippen LogP contribution in [0, 0.1) is 6.92 Å². The molecule has 3 aromatic carbocycles. The lowest BCUT2D eigenvalue weighted by atomic mass is 10.1. The number of para-hydroxylation sites is 1. The molecule has 1 heterocycles. The molecule has 4 rings (SSSR count). The van der Waals surface area contributed by atoms with Crippen LogP contribution in [0.4, 0.5) is 5.69 Å². The van der Waals surface area contributed by atoms with Crippen LogP contribution in [-0.2, 0) is 20.9 Å². The summed E-state index contributed by atoms with van der Waals surface area (Å²) in [6.07, 6.45) is 0. The van der Waals surface area contributed by atoms with Gasteiger partial charge < -0.3 is 15.4 Å². The van der Waals surface area contributed by atoms with Gasteiger partial charge in [-0.2, -0.15) is 0 Å². The van der Waals surface area contributed by atoms with Gasteiger partial charge in [0, 0.05) is 6.54 Å². The van der Waals surface area contributed by atoms with Crippen molar-refractivity contribution in [1.82, 2.24) is 10.2 Å². The molecule has 0 aliphatic carbocycles. The second-order valence-electron chi connectivity index (χ2n) is 8.16. The van der Waals surface area contributed by atoms with E-state index in [1.54, 1.807) is 36.4 Å². The zero-order chi connectivity index (χ0) is 25.7. The highest BCUT2D eigenvalue weighted by molar-refractivity contribution is 6.22. The minimum Gasteiger partial charge on any atom is -0.454 e. The Balaban J connectivity index is 1.30. The van der Waals surface area contributed by atoms with Gasteiger partial charge in [0.05, 0.1) is 22.4 Å². The Bertz CT molecular complexity index is 1310. The molecule has 9 heteroatoms. The third-order valence-electron chi connectivity index (χ3n) is 5.55. The maximum Gasteiger partial charge on any atom is 0.326 e. The number of aryl methyl sites for hydroxylation is 1. The molecule has 36 heavy (non-hydrogen) atoms. The first kappa shape index (κ1) is 24.3. The molecule has 0 aromatic heterocycles. The number of rotatable bonds is 8. The smallest absolute Gasteiger partial charge is 0.326 e. The predicted octanol–water partition coefficient (Wildman–Crippen LogP) is 2.70. The summed E-state index contributed by atoms with van der Waals surface area (Å²) in [6, 6.07) is 20.4. The fourth-order valence-electron chi connectivity index (χ4n) is 3.66. The summed E-state index contributed by atoms with van der Waals surface area (Å²) >= 11 is 0. The minimum absolute atomic E-state index is 0.213. The number of ether oxygens (including phenoxy) is 1. The maximum absolute atomic E-state index is 12.7. The normalized spacial score (nSPS) is 12.2. The quantitative estimate of drug-likeness (QED) is 0.374. The van der Waals surface area contributed by atoms with E-state index >= 15 is 0 Å². The summed E-state index contributed by atoms with van der Waals surface area (Å²) in [4.78, 5) is 62.8. The molecule has 0 unspecified atom stereocenters. The molecule has 9 nitrogen and oxygen atoms in total. The Morgan fingerprint density at radius 2 is 1.44 bits per heavy atom. The third kappa shape index (κ3) is 5.47. The van der Waals surface area contributed by atoms with Gasteiger partial charge in [0.2, 0.25) is 0 Å². The van der Waals surface area contributed by atoms with Gasteiger partial charge in [-0.05, 0) is 36.8 Å². The van der Waals surface area contributed by atoms with E-state index in [1.807, 2.05) is 31.2 Å². The average Bonchev–Trinajstić information content (AvgIpc) is 3.12. The van der Waals surface area contributed by atoms with Gasteiger partial charge in [-0.1, -0.05) is 54.1 Å². The standard InChI is InChI=1S/C27H23N3O6/c1-17-10-12-18(13-11-17)14-28-25(33)21-8-4-5-9-22(21)29-23(31)16-36-24(32)15-30-26(34)19-6-2-3-7-20(19)27(30)35/h2-13H,14-16H2,1H3,(H,28,33)(H,29,31). The molecule has 0 fully saturated rings. The van der Waals surface area contributed by atoms with Crippen LogP contribution >= 0.6 is 0 Å². The zero-order valence-electron chi connectivity index (χ0n) is 19.4. The molecule has 0 saturated heterocycles. The van der Waals surface area contributed by atoms with Gasteiger partial charge in [0.1, 0.15) is 6.54 Å². The van der Waals surface area contributed by atoms with Crippen molar-refractivity contribution in [1.29, 1.82) is 0 Å². The van der Waals surface area contributed by atoms with Crippen LogP contribution in [-0.4, -0.2) is 47.6 Å². The minimum atomic E-state index is -0.913. The van der Waals surface area contributed by atoms with E-state index in [1.165, 1.54) is 12.1 Å². The van der Waals surface area contributed by atoms with Crippen LogP contribution in [0.5, 0.6) is 0 Å². The number of benzene rings is 3. The van der Waals surface area contributed by atoms with E-state index in [9.17, 15) is 24.0 Å². The Kier molecular flexibility index (Phi) is 7.20. The molecule has 1 aliphatic heterocycles. The predicted molar refractivity (Wildman–Crippen MR) is 130 cm³/mol. The monoisotopic (exact) mass is 485 g/mol. The van der Waals surface area contributed by atoms with Crippen molar-refractivity contribution in [3.05, 3.63) is 101 Å². The van der Waals surface area contributed by atoms with Crippen LogP contribution < -0.4 is 10.6 Å². The molecule has 0 atom stereocenters. The van der Waals surface area contributed by atoms with Crippen LogP contribution in [0.3, 0.4) is 0 Å². The van der Waals surface area contributed by atoms with Crippen molar-refractivity contribution < 1.29 is 28.7 Å². The lowest BCUT2D eigenvalue weighted by Crippen LogP contribution is -2.36. The summed E-state index contributed by atoms with van der Waals surface area (Å²) in [6.45, 7) is 1.03. The topological polar surface area (TPSA) is 122 Å². The van der Waals surface area contributed by atoms with E-state index in [4.69, 9.17) is 4.74 Å². The molecule has 2 N–H and O–H groups in total. The third-order valence-corrected chi connectivity index (χ3v) is 5.55. The first-order valence-electron chi connectivity index (χ1n) is 11.2. The van der Waals surface area contributed by atoms with Gasteiger partial charge in [-0.3, -0.25) is 28.9 Å². The number of hydrogen-bond acceptors (Lipinski definition) is 6. The molecule has 1 aliphatic rings. The zero-order valence-corrected chi connectivity index (χ0v) is 19.4. The van der Waals surface area contributed by atoms with Gasteiger partial charge in [-0.15, -0.1) is 0 Å². The second-order valence-corrected chi connectivity index (χ2v) is 8.16. The van der Waals surface area contributed by atoms with Crippen LogP contribution in [0.2, 0.25) is 0 Å². The number of nitrogens with one attached hydrogen (secondary N) is 2. The van der Waals surface area contributed by atoms with Crippen LogP contribution in [0.25, 0.3) is 0 Å². The van der Waals surface area contributed by atoms with Crippen LogP contribution in [0.1, 0.15) is 42.2 Å². The number of anilines is 1. The van der Waals surface area contributed by atoms with Crippen molar-refractivity contribution in [3.63, 3.8) is 0 Å². The van der Waals surface area contributed by atoms with E-state index in [0.717, 1.165) is 16.0 Å². The number of fused-ring (bicyclic) bond motifs is 1. The molecule has 0 spiro atoms. The van der Waals surface area contributed by atoms with Crippen molar-refractivity contribution >= 4 is 35.3 Å². The number of esters is 1. The van der Waals surface area contributed by atoms with E-state index in [2.05, 4.69) is 10.6 Å². The number of hydrogen-bond donors (Lipinski definition) is 2. The van der Waals surface area contributed by atoms with E-state index in [-0.39, 0.29) is 28.3 Å². The summed E-state index contributed by atoms with van der Waals surface area (Å²) in [5.74, 6) is -3.16. The summed E-state index contributed by atoms with van der Waals surface area (Å²) in [5.41, 5.74) is 2.97. The molecule has 0 bridgehead atoms. The Morgan fingerprint density at radius 3 is 2.11 bits per heavy atom. The molecular formula is C27H23N3O6. The molecule has 182 valence electrons. The first-order chi connectivity index (χ1) is 17.3. The number of nitrogens with zero attached hydrogens (tertiary/aromatic N) is 1. The Hall–Kier alpha value is -4.79. The fraction of sp³-hybridized carbons (Fsp3) is 0.148. The highest BCUT2D eigenvalue weighted by Crippen LogP contribution is 2.22. The van der Waals surface area contributed by atoms with Crippen LogP contribution in [0.15, 0.2) is 72.8 Å². The summed E-state index contributed by atoms with van der Waals surface area (Å²) in [7, 11) is 0. The number of carbonyl (C=O) groups is 5. The van der Waals surface area contributed by atoms with Gasteiger partial charge in [-0.25, -0.2) is 0 Å². The van der Waals surface area contributed by atoms with Gasteiger partial charge in [0.25, 0.3) is 23.6 Å². The summed E-state index contributed by atoms with van der Waals surface area (Å²) in [5, 5.41) is 5.36. The maximum atomic E-state index is 12.7. The highest BCUT2D eigenvalue weighted by Gasteiger charge is 2.36. The molecule has 3 aromatic rings. The number of amides is 4. The second kappa shape index (κ2) is 10.6. The molecule has 0 radical (unpaired) electrons. The molecule has 0 saturated carbocycles. The first-order valence-corrected chi connectivity index (χ1v) is 11.2. The highest BCUT2D eigenvalue weighted by atomic mass is 16.5. The van der Waals surface area contributed by atoms with E-state index < -0.39 is 36.8 Å². The van der Waals surface area contributed by atoms with Crippen molar-refractivity contribution in [2.45, 2.75) is 13.5 Å². The summed E-state index contributed by atoms with van der Waals surface area (Å²) < 4.78 is 4.95. The largest absolute Gasteiger partial charge is 0.454 e. The SMILES string of the molecule is Cc1ccc(CNC(=O)c2ccccc2NC(=O)COC(=O)CN2C(=O)c3ccccc3C2=O)cc1. The van der Waals surface area contributed by atoms with E-state index in [0.29, 0.717) is 6.54 Å². The average molecular weight is 485 g/mol. The van der Waals surface area contributed by atoms with Crippen molar-refractivity contribution in [2.24, 2.45) is 0 Å². The van der Waals surface area contributed by atoms with Gasteiger partial charge >= 0.3 is 5.97 Å². The Labute approximate surface area is 207 Å². The number of imide groups is 1. The lowest BCUT2D eigenvalue weighted by Gasteiger charge is -2.14. The number of carbonyl (C=O) groups excluding carboxylic acids is 5. The molecule has 4 amide bonds. The van der Waals surface area contributed by atoms with Crippen molar-refractivity contribution in [3.8, 4) is 0 Å². The van der Waals surface area contributed by atoms with Gasteiger partial charge in [0.15, 0.2) is 6.61 Å². The lowest BCUT2D eigenvalue weighted by molar-refractivity contribution is -0.147.